The van der Waals surface area contributed by atoms with Gasteiger partial charge < -0.3 is 4.74 Å². The van der Waals surface area contributed by atoms with Gasteiger partial charge in [-0.25, -0.2) is 0 Å². The Balaban J connectivity index is 3.58. The minimum absolute atomic E-state index is 0.142. The second-order valence-corrected chi connectivity index (χ2v) is 4.27. The summed E-state index contributed by atoms with van der Waals surface area (Å²) in [5.41, 5.74) is 1.29. The van der Waals surface area contributed by atoms with Crippen LogP contribution in [0.2, 0.25) is 0 Å². The van der Waals surface area contributed by atoms with Crippen molar-refractivity contribution < 1.29 is 9.53 Å². The summed E-state index contributed by atoms with van der Waals surface area (Å²) in [5, 5.41) is 0. The average Bonchev–Trinajstić information content (AvgIpc) is 2.13. The second-order valence-electron chi connectivity index (χ2n) is 4.27. The molecule has 0 aromatic carbocycles. The molecular formula is C13H22O2. The van der Waals surface area contributed by atoms with Crippen LogP contribution >= 0.6 is 0 Å². The predicted molar refractivity (Wildman–Crippen MR) is 63.6 cm³/mol. The van der Waals surface area contributed by atoms with Gasteiger partial charge in [-0.3, -0.25) is 4.79 Å². The second kappa shape index (κ2) is 8.27. The van der Waals surface area contributed by atoms with Crippen LogP contribution in [0, 0.1) is 5.92 Å². The third kappa shape index (κ3) is 10.9. The van der Waals surface area contributed by atoms with Crippen molar-refractivity contribution in [3.05, 3.63) is 23.8 Å². The Morgan fingerprint density at radius 2 is 1.93 bits per heavy atom. The van der Waals surface area contributed by atoms with Crippen molar-refractivity contribution in [3.8, 4) is 0 Å². The Morgan fingerprint density at radius 3 is 2.47 bits per heavy atom. The molecule has 0 saturated carbocycles. The van der Waals surface area contributed by atoms with Crippen molar-refractivity contribution in [2.45, 2.75) is 40.5 Å². The molecule has 0 fully saturated rings. The Morgan fingerprint density at radius 1 is 1.27 bits per heavy atom. The summed E-state index contributed by atoms with van der Waals surface area (Å²) in [7, 11) is 0. The van der Waals surface area contributed by atoms with Crippen LogP contribution in [-0.2, 0) is 9.53 Å². The van der Waals surface area contributed by atoms with Gasteiger partial charge in [-0.1, -0.05) is 37.6 Å². The van der Waals surface area contributed by atoms with Gasteiger partial charge in [0, 0.05) is 0 Å². The lowest BCUT2D eigenvalue weighted by Gasteiger charge is -2.04. The molecule has 0 N–H and O–H groups in total. The van der Waals surface area contributed by atoms with Crippen molar-refractivity contribution in [3.63, 3.8) is 0 Å². The van der Waals surface area contributed by atoms with E-state index in [1.165, 1.54) is 5.57 Å². The molecular weight excluding hydrogens is 188 g/mol. The van der Waals surface area contributed by atoms with E-state index in [4.69, 9.17) is 4.74 Å². The topological polar surface area (TPSA) is 26.3 Å². The molecule has 0 aromatic rings. The van der Waals surface area contributed by atoms with Crippen molar-refractivity contribution >= 4 is 5.97 Å². The molecule has 2 heteroatoms. The first-order valence-corrected chi connectivity index (χ1v) is 5.46. The van der Waals surface area contributed by atoms with Crippen molar-refractivity contribution in [2.75, 3.05) is 6.61 Å². The van der Waals surface area contributed by atoms with Gasteiger partial charge in [0.1, 0.15) is 0 Å². The Kier molecular flexibility index (Phi) is 7.69. The van der Waals surface area contributed by atoms with E-state index in [1.54, 1.807) is 0 Å². The zero-order valence-electron chi connectivity index (χ0n) is 10.2. The van der Waals surface area contributed by atoms with Gasteiger partial charge in [-0.2, -0.15) is 0 Å². The van der Waals surface area contributed by atoms with Crippen LogP contribution in [0.3, 0.4) is 0 Å². The van der Waals surface area contributed by atoms with E-state index in [9.17, 15) is 4.79 Å². The van der Waals surface area contributed by atoms with E-state index < -0.39 is 0 Å². The molecule has 0 unspecified atom stereocenters. The lowest BCUT2D eigenvalue weighted by atomic mass is 10.2. The van der Waals surface area contributed by atoms with E-state index in [1.807, 2.05) is 26.0 Å². The number of rotatable bonds is 6. The molecule has 0 rings (SSSR count). The minimum atomic E-state index is -0.142. The number of carbonyl (C=O) groups is 1. The standard InChI is InChI=1S/C13H22O2/c1-11(2)8-6-5-7-9-13(14)15-10-12(3)4/h5,7-8,12H,6,9-10H2,1-4H3/b7-5+. The van der Waals surface area contributed by atoms with Crippen LogP contribution < -0.4 is 0 Å². The maximum absolute atomic E-state index is 11.2. The first kappa shape index (κ1) is 13.9. The molecule has 86 valence electrons. The smallest absolute Gasteiger partial charge is 0.309 e. The number of allylic oxidation sites excluding steroid dienone is 3. The largest absolute Gasteiger partial charge is 0.465 e. The molecule has 2 nitrogen and oxygen atoms in total. The molecule has 0 aliphatic carbocycles. The van der Waals surface area contributed by atoms with Gasteiger partial charge in [-0.05, 0) is 26.2 Å². The lowest BCUT2D eigenvalue weighted by Crippen LogP contribution is -2.08. The Bertz CT molecular complexity index is 233. The summed E-state index contributed by atoms with van der Waals surface area (Å²) >= 11 is 0. The van der Waals surface area contributed by atoms with Crippen molar-refractivity contribution in [1.29, 1.82) is 0 Å². The third-order valence-electron chi connectivity index (χ3n) is 1.69. The highest BCUT2D eigenvalue weighted by molar-refractivity contribution is 5.71. The normalized spacial score (nSPS) is 10.7. The zero-order valence-corrected chi connectivity index (χ0v) is 10.2. The summed E-state index contributed by atoms with van der Waals surface area (Å²) in [6.45, 7) is 8.69. The lowest BCUT2D eigenvalue weighted by molar-refractivity contribution is -0.143. The molecule has 0 heterocycles. The number of esters is 1. The van der Waals surface area contributed by atoms with E-state index >= 15 is 0 Å². The number of carbonyl (C=O) groups excluding carboxylic acids is 1. The molecule has 0 bridgehead atoms. The van der Waals surface area contributed by atoms with Crippen LogP contribution in [-0.4, -0.2) is 12.6 Å². The van der Waals surface area contributed by atoms with Gasteiger partial charge in [-0.15, -0.1) is 0 Å². The molecule has 15 heavy (non-hydrogen) atoms. The fourth-order valence-electron chi connectivity index (χ4n) is 0.898. The van der Waals surface area contributed by atoms with Gasteiger partial charge in [0.2, 0.25) is 0 Å². The van der Waals surface area contributed by atoms with E-state index in [0.717, 1.165) is 6.42 Å². The predicted octanol–water partition coefficient (Wildman–Crippen LogP) is 3.49. The molecule has 0 spiro atoms. The summed E-state index contributed by atoms with van der Waals surface area (Å²) in [6, 6.07) is 0. The van der Waals surface area contributed by atoms with E-state index in [2.05, 4.69) is 19.9 Å². The minimum Gasteiger partial charge on any atom is -0.465 e. The summed E-state index contributed by atoms with van der Waals surface area (Å²) < 4.78 is 5.03. The molecule has 0 aromatic heterocycles. The van der Waals surface area contributed by atoms with Crippen LogP contribution in [0.25, 0.3) is 0 Å². The summed E-state index contributed by atoms with van der Waals surface area (Å²) in [6.07, 6.45) is 7.24. The van der Waals surface area contributed by atoms with E-state index in [-0.39, 0.29) is 5.97 Å². The zero-order chi connectivity index (χ0) is 11.7. The fraction of sp³-hybridized carbons (Fsp3) is 0.615. The van der Waals surface area contributed by atoms with Crippen LogP contribution in [0.4, 0.5) is 0 Å². The van der Waals surface area contributed by atoms with Crippen LogP contribution in [0.5, 0.6) is 0 Å². The summed E-state index contributed by atoms with van der Waals surface area (Å²) in [5.74, 6) is 0.265. The van der Waals surface area contributed by atoms with Gasteiger partial charge >= 0.3 is 5.97 Å². The van der Waals surface area contributed by atoms with Crippen molar-refractivity contribution in [1.82, 2.24) is 0 Å². The molecule has 0 aliphatic rings. The molecule has 0 amide bonds. The highest BCUT2D eigenvalue weighted by Gasteiger charge is 2.00. The van der Waals surface area contributed by atoms with E-state index in [0.29, 0.717) is 18.9 Å². The Labute approximate surface area is 93.0 Å². The van der Waals surface area contributed by atoms with Crippen LogP contribution in [0.15, 0.2) is 23.8 Å². The molecule has 0 aliphatic heterocycles. The van der Waals surface area contributed by atoms with Gasteiger partial charge in [0.05, 0.1) is 13.0 Å². The van der Waals surface area contributed by atoms with Crippen molar-refractivity contribution in [2.24, 2.45) is 5.92 Å². The van der Waals surface area contributed by atoms with Crippen LogP contribution in [0.1, 0.15) is 40.5 Å². The number of ether oxygens (including phenoxy) is 1. The molecule has 0 atom stereocenters. The SMILES string of the molecule is CC(C)=CC/C=C/CC(=O)OCC(C)C. The molecule has 0 radical (unpaired) electrons. The Hall–Kier alpha value is -1.05. The average molecular weight is 210 g/mol. The third-order valence-corrected chi connectivity index (χ3v) is 1.69. The fourth-order valence-corrected chi connectivity index (χ4v) is 0.898. The first-order chi connectivity index (χ1) is 7.02. The maximum Gasteiger partial charge on any atom is 0.309 e. The van der Waals surface area contributed by atoms with Gasteiger partial charge in [0.25, 0.3) is 0 Å². The first-order valence-electron chi connectivity index (χ1n) is 5.46. The number of hydrogen-bond donors (Lipinski definition) is 0. The monoisotopic (exact) mass is 210 g/mol. The maximum atomic E-state index is 11.2. The van der Waals surface area contributed by atoms with Gasteiger partial charge in [0.15, 0.2) is 0 Å². The highest BCUT2D eigenvalue weighted by atomic mass is 16.5. The summed E-state index contributed by atoms with van der Waals surface area (Å²) in [4.78, 5) is 11.2. The quantitative estimate of drug-likeness (QED) is 0.495. The number of hydrogen-bond acceptors (Lipinski definition) is 2. The highest BCUT2D eigenvalue weighted by Crippen LogP contribution is 1.98. The molecule has 0 saturated heterocycles.